The van der Waals surface area contributed by atoms with Crippen molar-refractivity contribution in [2.75, 3.05) is 13.1 Å². The summed E-state index contributed by atoms with van der Waals surface area (Å²) in [5.41, 5.74) is 0. The summed E-state index contributed by atoms with van der Waals surface area (Å²) in [5, 5.41) is 1.99. The molecule has 0 aliphatic rings. The van der Waals surface area contributed by atoms with Crippen molar-refractivity contribution in [1.82, 2.24) is 5.06 Å². The van der Waals surface area contributed by atoms with Gasteiger partial charge in [-0.25, -0.2) is 5.06 Å². The lowest BCUT2D eigenvalue weighted by Gasteiger charge is -2.16. The standard InChI is InChI=1S/C5H15NOSi/c1-4-6(5-2)7-8-3/h4-5,8H2,1-3H3. The van der Waals surface area contributed by atoms with Crippen molar-refractivity contribution in [2.24, 2.45) is 0 Å². The molecule has 0 bridgehead atoms. The van der Waals surface area contributed by atoms with Crippen molar-refractivity contribution in [1.29, 1.82) is 0 Å². The molecule has 0 atom stereocenters. The van der Waals surface area contributed by atoms with E-state index in [9.17, 15) is 0 Å². The Morgan fingerprint density at radius 2 is 1.88 bits per heavy atom. The third-order valence-electron chi connectivity index (χ3n) is 1.02. The molecule has 0 rings (SSSR count). The van der Waals surface area contributed by atoms with Crippen LogP contribution in [0.5, 0.6) is 0 Å². The van der Waals surface area contributed by atoms with Gasteiger partial charge in [0.2, 0.25) is 0 Å². The summed E-state index contributed by atoms with van der Waals surface area (Å²) in [6.07, 6.45) is 0. The van der Waals surface area contributed by atoms with Crippen LogP contribution in [0.3, 0.4) is 0 Å². The molecule has 2 nitrogen and oxygen atoms in total. The second kappa shape index (κ2) is 5.28. The van der Waals surface area contributed by atoms with Crippen LogP contribution in [0.25, 0.3) is 0 Å². The second-order valence-corrected chi connectivity index (χ2v) is 2.37. The zero-order valence-corrected chi connectivity index (χ0v) is 7.39. The number of rotatable bonds is 4. The molecule has 0 radical (unpaired) electrons. The lowest BCUT2D eigenvalue weighted by atomic mass is 10.6. The SMILES string of the molecule is CCN(CC)O[SiH2]C. The summed E-state index contributed by atoms with van der Waals surface area (Å²) in [6.45, 7) is 8.37. The Hall–Kier alpha value is 0.137. The van der Waals surface area contributed by atoms with Crippen molar-refractivity contribution >= 4 is 9.76 Å². The van der Waals surface area contributed by atoms with Gasteiger partial charge in [0.05, 0.1) is 0 Å². The monoisotopic (exact) mass is 133 g/mol. The fourth-order valence-corrected chi connectivity index (χ4v) is 1.32. The first-order valence-electron chi connectivity index (χ1n) is 3.23. The number of nitrogens with zero attached hydrogens (tertiary/aromatic N) is 1. The lowest BCUT2D eigenvalue weighted by molar-refractivity contribution is -0.0459. The van der Waals surface area contributed by atoms with E-state index in [1.807, 2.05) is 5.06 Å². The van der Waals surface area contributed by atoms with Crippen LogP contribution in [0.2, 0.25) is 6.55 Å². The highest BCUT2D eigenvalue weighted by molar-refractivity contribution is 6.24. The Labute approximate surface area is 53.7 Å². The van der Waals surface area contributed by atoms with Gasteiger partial charge in [-0.15, -0.1) is 0 Å². The molecular formula is C5H15NOSi. The molecule has 0 saturated carbocycles. The summed E-state index contributed by atoms with van der Waals surface area (Å²) in [6, 6.07) is 0. The van der Waals surface area contributed by atoms with E-state index >= 15 is 0 Å². The lowest BCUT2D eigenvalue weighted by Crippen LogP contribution is -2.24. The average Bonchev–Trinajstić information content (AvgIpc) is 1.83. The van der Waals surface area contributed by atoms with Crippen LogP contribution in [0, 0.1) is 0 Å². The van der Waals surface area contributed by atoms with E-state index in [1.165, 1.54) is 0 Å². The molecule has 0 aliphatic carbocycles. The highest BCUT2D eigenvalue weighted by Crippen LogP contribution is 1.84. The van der Waals surface area contributed by atoms with Gasteiger partial charge in [0.15, 0.2) is 9.76 Å². The van der Waals surface area contributed by atoms with Crippen LogP contribution in [-0.4, -0.2) is 27.9 Å². The largest absolute Gasteiger partial charge is 0.351 e. The van der Waals surface area contributed by atoms with Gasteiger partial charge in [-0.1, -0.05) is 13.8 Å². The highest BCUT2D eigenvalue weighted by Gasteiger charge is 1.92. The summed E-state index contributed by atoms with van der Waals surface area (Å²) in [5.74, 6) is 0. The molecule has 0 amide bonds. The van der Waals surface area contributed by atoms with Crippen LogP contribution in [0.15, 0.2) is 0 Å². The smallest absolute Gasteiger partial charge is 0.187 e. The third-order valence-corrected chi connectivity index (χ3v) is 1.64. The van der Waals surface area contributed by atoms with Crippen LogP contribution in [0.4, 0.5) is 0 Å². The van der Waals surface area contributed by atoms with Gasteiger partial charge < -0.3 is 4.53 Å². The van der Waals surface area contributed by atoms with Gasteiger partial charge >= 0.3 is 0 Å². The summed E-state index contributed by atoms with van der Waals surface area (Å²) in [7, 11) is -0.230. The van der Waals surface area contributed by atoms with Crippen LogP contribution in [0.1, 0.15) is 13.8 Å². The second-order valence-electron chi connectivity index (χ2n) is 1.53. The Bertz CT molecular complexity index is 47.7. The van der Waals surface area contributed by atoms with Gasteiger partial charge in [0.25, 0.3) is 0 Å². The molecule has 8 heavy (non-hydrogen) atoms. The van der Waals surface area contributed by atoms with Gasteiger partial charge in [-0.2, -0.15) is 0 Å². The Kier molecular flexibility index (Phi) is 5.37. The van der Waals surface area contributed by atoms with Gasteiger partial charge in [-0.3, -0.25) is 0 Å². The Balaban J connectivity index is 3.07. The zero-order chi connectivity index (χ0) is 6.41. The van der Waals surface area contributed by atoms with E-state index in [0.717, 1.165) is 13.1 Å². The number of hydroxylamine groups is 2. The molecule has 3 heteroatoms. The minimum Gasteiger partial charge on any atom is -0.351 e. The fraction of sp³-hybridized carbons (Fsp3) is 1.00. The maximum atomic E-state index is 5.31. The quantitative estimate of drug-likeness (QED) is 0.406. The van der Waals surface area contributed by atoms with Crippen LogP contribution >= 0.6 is 0 Å². The molecule has 50 valence electrons. The minimum atomic E-state index is -0.230. The number of hydrogen-bond donors (Lipinski definition) is 0. The Morgan fingerprint density at radius 3 is 2.00 bits per heavy atom. The van der Waals surface area contributed by atoms with E-state index in [1.54, 1.807) is 0 Å². The molecule has 0 fully saturated rings. The molecule has 0 saturated heterocycles. The first kappa shape index (κ1) is 8.14. The highest BCUT2D eigenvalue weighted by atomic mass is 28.2. The summed E-state index contributed by atoms with van der Waals surface area (Å²) in [4.78, 5) is 0. The van der Waals surface area contributed by atoms with Crippen LogP contribution in [-0.2, 0) is 4.53 Å². The zero-order valence-electron chi connectivity index (χ0n) is 5.98. The van der Waals surface area contributed by atoms with Crippen molar-refractivity contribution in [3.05, 3.63) is 0 Å². The molecule has 0 aromatic heterocycles. The predicted molar refractivity (Wildman–Crippen MR) is 38.4 cm³/mol. The maximum Gasteiger partial charge on any atom is 0.187 e. The van der Waals surface area contributed by atoms with Gasteiger partial charge in [0, 0.05) is 13.1 Å². The van der Waals surface area contributed by atoms with E-state index in [0.29, 0.717) is 0 Å². The minimum absolute atomic E-state index is 0.230. The molecular weight excluding hydrogens is 118 g/mol. The Morgan fingerprint density at radius 1 is 1.38 bits per heavy atom. The molecule has 0 heterocycles. The van der Waals surface area contributed by atoms with Crippen molar-refractivity contribution in [2.45, 2.75) is 20.4 Å². The first-order valence-corrected chi connectivity index (χ1v) is 5.22. The first-order chi connectivity index (χ1) is 3.85. The molecule has 0 unspecified atom stereocenters. The van der Waals surface area contributed by atoms with E-state index < -0.39 is 0 Å². The fourth-order valence-electron chi connectivity index (χ4n) is 0.589. The van der Waals surface area contributed by atoms with Crippen molar-refractivity contribution < 1.29 is 4.53 Å². The van der Waals surface area contributed by atoms with E-state index in [2.05, 4.69) is 20.4 Å². The maximum absolute atomic E-state index is 5.31. The topological polar surface area (TPSA) is 12.5 Å². The predicted octanol–water partition coefficient (Wildman–Crippen LogP) is 0.392. The normalized spacial score (nSPS) is 12.0. The number of hydrogen-bond acceptors (Lipinski definition) is 2. The molecule has 0 N–H and O–H groups in total. The van der Waals surface area contributed by atoms with E-state index in [4.69, 9.17) is 4.53 Å². The summed E-state index contributed by atoms with van der Waals surface area (Å²) >= 11 is 0. The molecule has 0 aromatic rings. The molecule has 0 aromatic carbocycles. The molecule has 0 spiro atoms. The third kappa shape index (κ3) is 3.18. The van der Waals surface area contributed by atoms with Gasteiger partial charge in [0.1, 0.15) is 0 Å². The van der Waals surface area contributed by atoms with Crippen molar-refractivity contribution in [3.63, 3.8) is 0 Å². The van der Waals surface area contributed by atoms with Crippen molar-refractivity contribution in [3.8, 4) is 0 Å². The summed E-state index contributed by atoms with van der Waals surface area (Å²) < 4.78 is 5.31. The van der Waals surface area contributed by atoms with Gasteiger partial charge in [-0.05, 0) is 6.55 Å². The van der Waals surface area contributed by atoms with E-state index in [-0.39, 0.29) is 9.76 Å². The molecule has 0 aliphatic heterocycles. The van der Waals surface area contributed by atoms with Crippen LogP contribution < -0.4 is 0 Å². The average molecular weight is 133 g/mol.